The van der Waals surface area contributed by atoms with Gasteiger partial charge in [0.05, 0.1) is 12.3 Å². The molecule has 106 valence electrons. The maximum Gasteiger partial charge on any atom is 0.220 e. The Labute approximate surface area is 113 Å². The van der Waals surface area contributed by atoms with E-state index in [1.807, 2.05) is 12.1 Å². The molecule has 5 nitrogen and oxygen atoms in total. The minimum absolute atomic E-state index is 0.00588. The molecule has 0 aromatic carbocycles. The summed E-state index contributed by atoms with van der Waals surface area (Å²) in [6, 6.07) is 3.99. The molecule has 1 aromatic rings. The van der Waals surface area contributed by atoms with Crippen LogP contribution in [0.3, 0.4) is 0 Å². The lowest BCUT2D eigenvalue weighted by Crippen LogP contribution is -2.46. The number of piperidine rings is 1. The van der Waals surface area contributed by atoms with E-state index in [4.69, 9.17) is 15.9 Å². The number of amides is 1. The SMILES string of the molecule is CCC(N)C(c1ccco1)N1CCC(C(N)=O)CC1. The number of nitrogens with zero attached hydrogens (tertiary/aromatic N) is 1. The number of primary amides is 1. The zero-order chi connectivity index (χ0) is 13.8. The first-order valence-electron chi connectivity index (χ1n) is 6.95. The van der Waals surface area contributed by atoms with E-state index in [0.29, 0.717) is 0 Å². The highest BCUT2D eigenvalue weighted by Crippen LogP contribution is 2.30. The molecule has 0 saturated carbocycles. The molecule has 1 fully saturated rings. The van der Waals surface area contributed by atoms with Crippen LogP contribution in [0.4, 0.5) is 0 Å². The second-order valence-electron chi connectivity index (χ2n) is 5.24. The Morgan fingerprint density at radius 2 is 2.21 bits per heavy atom. The molecule has 1 amide bonds. The van der Waals surface area contributed by atoms with Crippen LogP contribution in [0.2, 0.25) is 0 Å². The Morgan fingerprint density at radius 3 is 2.68 bits per heavy atom. The Kier molecular flexibility index (Phi) is 4.61. The third kappa shape index (κ3) is 3.16. The predicted octanol–water partition coefficient (Wildman–Crippen LogP) is 1.26. The van der Waals surface area contributed by atoms with Gasteiger partial charge in [0.15, 0.2) is 0 Å². The predicted molar refractivity (Wildman–Crippen MR) is 73.2 cm³/mol. The van der Waals surface area contributed by atoms with Crippen molar-refractivity contribution in [3.8, 4) is 0 Å². The average molecular weight is 265 g/mol. The number of likely N-dealkylation sites (tertiary alicyclic amines) is 1. The molecule has 4 N–H and O–H groups in total. The standard InChI is InChI=1S/C14H23N3O2/c1-2-11(15)13(12-4-3-9-19-12)17-7-5-10(6-8-17)14(16)18/h3-4,9-11,13H,2,5-8,15H2,1H3,(H2,16,18). The van der Waals surface area contributed by atoms with E-state index in [-0.39, 0.29) is 23.9 Å². The van der Waals surface area contributed by atoms with Crippen molar-refractivity contribution in [1.82, 2.24) is 4.90 Å². The van der Waals surface area contributed by atoms with E-state index in [1.54, 1.807) is 6.26 Å². The van der Waals surface area contributed by atoms with Crippen LogP contribution < -0.4 is 11.5 Å². The summed E-state index contributed by atoms with van der Waals surface area (Å²) in [5.74, 6) is 0.729. The lowest BCUT2D eigenvalue weighted by molar-refractivity contribution is -0.123. The molecule has 2 unspecified atom stereocenters. The number of hydrogen-bond acceptors (Lipinski definition) is 4. The van der Waals surface area contributed by atoms with Crippen molar-refractivity contribution in [3.63, 3.8) is 0 Å². The smallest absolute Gasteiger partial charge is 0.220 e. The molecule has 0 bridgehead atoms. The molecule has 2 atom stereocenters. The van der Waals surface area contributed by atoms with Gasteiger partial charge in [-0.3, -0.25) is 9.69 Å². The van der Waals surface area contributed by atoms with Crippen LogP contribution in [0.5, 0.6) is 0 Å². The van der Waals surface area contributed by atoms with Crippen molar-refractivity contribution in [2.24, 2.45) is 17.4 Å². The van der Waals surface area contributed by atoms with E-state index in [2.05, 4.69) is 11.8 Å². The second kappa shape index (κ2) is 6.21. The molecule has 19 heavy (non-hydrogen) atoms. The topological polar surface area (TPSA) is 85.5 Å². The third-order valence-electron chi connectivity index (χ3n) is 4.04. The number of rotatable bonds is 5. The first-order chi connectivity index (χ1) is 9.13. The summed E-state index contributed by atoms with van der Waals surface area (Å²) in [6.45, 7) is 3.76. The van der Waals surface area contributed by atoms with Crippen molar-refractivity contribution in [2.75, 3.05) is 13.1 Å². The number of furan rings is 1. The fraction of sp³-hybridized carbons (Fsp3) is 0.643. The van der Waals surface area contributed by atoms with E-state index in [9.17, 15) is 4.79 Å². The minimum Gasteiger partial charge on any atom is -0.468 e. The number of carbonyl (C=O) groups excluding carboxylic acids is 1. The zero-order valence-electron chi connectivity index (χ0n) is 11.4. The Morgan fingerprint density at radius 1 is 1.53 bits per heavy atom. The number of nitrogens with two attached hydrogens (primary N) is 2. The molecule has 0 spiro atoms. The van der Waals surface area contributed by atoms with Gasteiger partial charge in [-0.25, -0.2) is 0 Å². The first kappa shape index (κ1) is 14.1. The fourth-order valence-electron chi connectivity index (χ4n) is 2.81. The van der Waals surface area contributed by atoms with E-state index in [0.717, 1.165) is 38.1 Å². The zero-order valence-corrected chi connectivity index (χ0v) is 11.4. The monoisotopic (exact) mass is 265 g/mol. The lowest BCUT2D eigenvalue weighted by atomic mass is 9.92. The molecule has 1 aromatic heterocycles. The normalized spacial score (nSPS) is 21.2. The summed E-state index contributed by atoms with van der Waals surface area (Å²) in [6.07, 6.45) is 4.19. The summed E-state index contributed by atoms with van der Waals surface area (Å²) in [5, 5.41) is 0. The summed E-state index contributed by atoms with van der Waals surface area (Å²) in [7, 11) is 0. The quantitative estimate of drug-likeness (QED) is 0.839. The highest BCUT2D eigenvalue weighted by molar-refractivity contribution is 5.76. The fourth-order valence-corrected chi connectivity index (χ4v) is 2.81. The van der Waals surface area contributed by atoms with Gasteiger partial charge in [-0.2, -0.15) is 0 Å². The summed E-state index contributed by atoms with van der Waals surface area (Å²) >= 11 is 0. The van der Waals surface area contributed by atoms with Crippen LogP contribution in [0.15, 0.2) is 22.8 Å². The van der Waals surface area contributed by atoms with Gasteiger partial charge in [-0.05, 0) is 44.5 Å². The van der Waals surface area contributed by atoms with Crippen molar-refractivity contribution in [2.45, 2.75) is 38.3 Å². The molecular weight excluding hydrogens is 242 g/mol. The highest BCUT2D eigenvalue weighted by atomic mass is 16.3. The van der Waals surface area contributed by atoms with Crippen LogP contribution in [0, 0.1) is 5.92 Å². The van der Waals surface area contributed by atoms with Gasteiger partial charge in [-0.1, -0.05) is 6.92 Å². The van der Waals surface area contributed by atoms with Crippen LogP contribution >= 0.6 is 0 Å². The van der Waals surface area contributed by atoms with E-state index >= 15 is 0 Å². The molecule has 2 heterocycles. The molecular formula is C14H23N3O2. The van der Waals surface area contributed by atoms with Crippen LogP contribution in [-0.4, -0.2) is 29.9 Å². The Bertz CT molecular complexity index is 397. The molecule has 2 rings (SSSR count). The number of carbonyl (C=O) groups is 1. The van der Waals surface area contributed by atoms with Crippen molar-refractivity contribution < 1.29 is 9.21 Å². The van der Waals surface area contributed by atoms with Crippen molar-refractivity contribution in [3.05, 3.63) is 24.2 Å². The molecule has 0 radical (unpaired) electrons. The second-order valence-corrected chi connectivity index (χ2v) is 5.24. The maximum atomic E-state index is 11.2. The van der Waals surface area contributed by atoms with Gasteiger partial charge in [0.25, 0.3) is 0 Å². The van der Waals surface area contributed by atoms with E-state index < -0.39 is 0 Å². The third-order valence-corrected chi connectivity index (χ3v) is 4.04. The molecule has 1 aliphatic rings. The van der Waals surface area contributed by atoms with Gasteiger partial charge in [-0.15, -0.1) is 0 Å². The Balaban J connectivity index is 2.07. The molecule has 1 saturated heterocycles. The summed E-state index contributed by atoms with van der Waals surface area (Å²) in [4.78, 5) is 13.5. The lowest BCUT2D eigenvalue weighted by Gasteiger charge is -2.38. The van der Waals surface area contributed by atoms with Crippen molar-refractivity contribution in [1.29, 1.82) is 0 Å². The Hall–Kier alpha value is -1.33. The molecule has 1 aliphatic heterocycles. The maximum absolute atomic E-state index is 11.2. The van der Waals surface area contributed by atoms with Crippen LogP contribution in [0.1, 0.15) is 38.0 Å². The first-order valence-corrected chi connectivity index (χ1v) is 6.95. The summed E-state index contributed by atoms with van der Waals surface area (Å²) < 4.78 is 5.53. The van der Waals surface area contributed by atoms with Gasteiger partial charge in [0, 0.05) is 12.0 Å². The van der Waals surface area contributed by atoms with Crippen LogP contribution in [0.25, 0.3) is 0 Å². The summed E-state index contributed by atoms with van der Waals surface area (Å²) in [5.41, 5.74) is 11.6. The average Bonchev–Trinajstić information content (AvgIpc) is 2.93. The van der Waals surface area contributed by atoms with Gasteiger partial charge in [0.2, 0.25) is 5.91 Å². The molecule has 0 aliphatic carbocycles. The number of hydrogen-bond donors (Lipinski definition) is 2. The van der Waals surface area contributed by atoms with E-state index in [1.165, 1.54) is 0 Å². The van der Waals surface area contributed by atoms with Crippen LogP contribution in [-0.2, 0) is 4.79 Å². The van der Waals surface area contributed by atoms with Gasteiger partial charge < -0.3 is 15.9 Å². The molecule has 5 heteroatoms. The van der Waals surface area contributed by atoms with Crippen molar-refractivity contribution >= 4 is 5.91 Å². The minimum atomic E-state index is -0.186. The van der Waals surface area contributed by atoms with Gasteiger partial charge >= 0.3 is 0 Å². The highest BCUT2D eigenvalue weighted by Gasteiger charge is 2.32. The van der Waals surface area contributed by atoms with Gasteiger partial charge in [0.1, 0.15) is 5.76 Å². The largest absolute Gasteiger partial charge is 0.468 e.